The van der Waals surface area contributed by atoms with Crippen LogP contribution in [0.25, 0.3) is 22.3 Å². The van der Waals surface area contributed by atoms with Crippen LogP contribution in [0.15, 0.2) is 176 Å². The van der Waals surface area contributed by atoms with Gasteiger partial charge in [0.1, 0.15) is 0 Å². The van der Waals surface area contributed by atoms with E-state index in [4.69, 9.17) is 0 Å². The molecule has 8 rings (SSSR count). The molecule has 2 heterocycles. The second-order valence-electron chi connectivity index (χ2n) is 12.5. The molecule has 0 saturated carbocycles. The smallest absolute Gasteiger partial charge is 0.0523 e. The van der Waals surface area contributed by atoms with E-state index in [1.54, 1.807) is 0 Å². The Hall–Kier alpha value is -5.93. The Kier molecular flexibility index (Phi) is 7.15. The van der Waals surface area contributed by atoms with Crippen LogP contribution in [-0.4, -0.2) is 4.98 Å². The number of hydrogen-bond acceptors (Lipinski definition) is 3. The molecule has 0 unspecified atom stereocenters. The summed E-state index contributed by atoms with van der Waals surface area (Å²) < 4.78 is 0. The molecule has 7 aromatic rings. The van der Waals surface area contributed by atoms with Crippen molar-refractivity contribution in [2.75, 3.05) is 9.80 Å². The van der Waals surface area contributed by atoms with Crippen LogP contribution in [0.1, 0.15) is 25.0 Å². The Morgan fingerprint density at radius 1 is 0.447 bits per heavy atom. The maximum atomic E-state index is 4.20. The van der Waals surface area contributed by atoms with Gasteiger partial charge in [0.15, 0.2) is 0 Å². The van der Waals surface area contributed by atoms with Crippen LogP contribution >= 0.6 is 0 Å². The quantitative estimate of drug-likeness (QED) is 0.188. The van der Waals surface area contributed by atoms with Gasteiger partial charge in [-0.2, -0.15) is 0 Å². The summed E-state index contributed by atoms with van der Waals surface area (Å²) in [7, 11) is 0. The molecule has 1 aliphatic rings. The molecule has 0 saturated heterocycles. The molecule has 0 spiro atoms. The summed E-state index contributed by atoms with van der Waals surface area (Å²) in [4.78, 5) is 8.98. The van der Waals surface area contributed by atoms with Gasteiger partial charge in [0.05, 0.1) is 11.4 Å². The molecule has 3 heteroatoms. The zero-order chi connectivity index (χ0) is 31.8. The first-order valence-corrected chi connectivity index (χ1v) is 16.1. The first kappa shape index (κ1) is 28.5. The van der Waals surface area contributed by atoms with E-state index in [1.165, 1.54) is 33.6 Å². The molecule has 0 radical (unpaired) electrons. The maximum Gasteiger partial charge on any atom is 0.0523 e. The van der Waals surface area contributed by atoms with Crippen molar-refractivity contribution >= 4 is 34.1 Å². The van der Waals surface area contributed by atoms with Crippen LogP contribution in [0.2, 0.25) is 0 Å². The van der Waals surface area contributed by atoms with Gasteiger partial charge in [-0.25, -0.2) is 0 Å². The van der Waals surface area contributed by atoms with Crippen LogP contribution < -0.4 is 9.80 Å². The van der Waals surface area contributed by atoms with Crippen molar-refractivity contribution in [2.45, 2.75) is 19.3 Å². The third kappa shape index (κ3) is 5.16. The monoisotopic (exact) mass is 605 g/mol. The van der Waals surface area contributed by atoms with Crippen molar-refractivity contribution in [3.8, 4) is 22.3 Å². The molecular weight excluding hydrogens is 571 g/mol. The van der Waals surface area contributed by atoms with Crippen molar-refractivity contribution in [2.24, 2.45) is 0 Å². The van der Waals surface area contributed by atoms with Gasteiger partial charge in [0.2, 0.25) is 0 Å². The summed E-state index contributed by atoms with van der Waals surface area (Å²) in [6.07, 6.45) is 3.68. The van der Waals surface area contributed by atoms with Crippen LogP contribution in [0.4, 0.5) is 34.1 Å². The highest BCUT2D eigenvalue weighted by molar-refractivity contribution is 5.89. The minimum absolute atomic E-state index is 0.163. The summed E-state index contributed by atoms with van der Waals surface area (Å²) in [5, 5.41) is 0. The molecule has 0 aliphatic carbocycles. The third-order valence-electron chi connectivity index (χ3n) is 9.36. The van der Waals surface area contributed by atoms with Crippen LogP contribution in [0, 0.1) is 0 Å². The molecule has 3 nitrogen and oxygen atoms in total. The van der Waals surface area contributed by atoms with Gasteiger partial charge in [-0.05, 0) is 100 Å². The van der Waals surface area contributed by atoms with Crippen molar-refractivity contribution in [3.05, 3.63) is 187 Å². The standard InChI is InChI=1S/C44H35N3/c1-44(2)40-15-9-10-16-42(40)47(36-13-7-4-8-14-36)43-31-39(25-26-41(43)44)46(37-21-17-33(18-22-37)32-11-5-3-6-12-32)38-23-19-34(20-24-38)35-27-29-45-30-28-35/h3-31H,1-2H3. The number of para-hydroxylation sites is 2. The number of fused-ring (bicyclic) bond motifs is 2. The largest absolute Gasteiger partial charge is 0.310 e. The van der Waals surface area contributed by atoms with Crippen molar-refractivity contribution in [1.82, 2.24) is 4.98 Å². The van der Waals surface area contributed by atoms with Crippen LogP contribution in [0.3, 0.4) is 0 Å². The number of rotatable bonds is 6. The molecule has 1 aliphatic heterocycles. The molecule has 1 aromatic heterocycles. The number of anilines is 6. The number of benzene rings is 6. The molecule has 0 amide bonds. The van der Waals surface area contributed by atoms with E-state index in [2.05, 4.69) is 192 Å². The van der Waals surface area contributed by atoms with Crippen molar-refractivity contribution in [1.29, 1.82) is 0 Å². The van der Waals surface area contributed by atoms with Crippen LogP contribution in [-0.2, 0) is 5.41 Å². The number of pyridine rings is 1. The zero-order valence-electron chi connectivity index (χ0n) is 26.6. The number of hydrogen-bond donors (Lipinski definition) is 0. The van der Waals surface area contributed by atoms with Gasteiger partial charge < -0.3 is 9.80 Å². The second-order valence-corrected chi connectivity index (χ2v) is 12.5. The SMILES string of the molecule is CC1(C)c2ccccc2N(c2ccccc2)c2cc(N(c3ccc(-c4ccccc4)cc3)c3ccc(-c4ccncc4)cc3)ccc21. The highest BCUT2D eigenvalue weighted by Gasteiger charge is 2.37. The van der Waals surface area contributed by atoms with E-state index in [0.29, 0.717) is 0 Å². The maximum absolute atomic E-state index is 4.20. The molecular formula is C44H35N3. The van der Waals surface area contributed by atoms with E-state index in [0.717, 1.165) is 33.9 Å². The Morgan fingerprint density at radius 2 is 0.936 bits per heavy atom. The average Bonchev–Trinajstić information content (AvgIpc) is 3.14. The molecule has 47 heavy (non-hydrogen) atoms. The zero-order valence-corrected chi connectivity index (χ0v) is 26.6. The van der Waals surface area contributed by atoms with Gasteiger partial charge >= 0.3 is 0 Å². The lowest BCUT2D eigenvalue weighted by atomic mass is 9.73. The Morgan fingerprint density at radius 3 is 1.57 bits per heavy atom. The van der Waals surface area contributed by atoms with E-state index < -0.39 is 0 Å². The normalized spacial score (nSPS) is 13.0. The predicted octanol–water partition coefficient (Wildman–Crippen LogP) is 12.0. The minimum Gasteiger partial charge on any atom is -0.310 e. The first-order valence-electron chi connectivity index (χ1n) is 16.1. The van der Waals surface area contributed by atoms with Gasteiger partial charge in [-0.15, -0.1) is 0 Å². The third-order valence-corrected chi connectivity index (χ3v) is 9.36. The van der Waals surface area contributed by atoms with Gasteiger partial charge in [-0.3, -0.25) is 4.98 Å². The summed E-state index contributed by atoms with van der Waals surface area (Å²) in [6.45, 7) is 4.68. The lowest BCUT2D eigenvalue weighted by Gasteiger charge is -2.42. The fourth-order valence-electron chi connectivity index (χ4n) is 6.93. The predicted molar refractivity (Wildman–Crippen MR) is 197 cm³/mol. The average molecular weight is 606 g/mol. The Balaban J connectivity index is 1.29. The summed E-state index contributed by atoms with van der Waals surface area (Å²) in [5.41, 5.74) is 14.0. The van der Waals surface area contributed by atoms with Gasteiger partial charge in [0.25, 0.3) is 0 Å². The molecule has 0 atom stereocenters. The lowest BCUT2D eigenvalue weighted by molar-refractivity contribution is 0.632. The van der Waals surface area contributed by atoms with Crippen molar-refractivity contribution in [3.63, 3.8) is 0 Å². The van der Waals surface area contributed by atoms with E-state index in [9.17, 15) is 0 Å². The molecule has 0 N–H and O–H groups in total. The van der Waals surface area contributed by atoms with Crippen LogP contribution in [0.5, 0.6) is 0 Å². The minimum atomic E-state index is -0.163. The summed E-state index contributed by atoms with van der Waals surface area (Å²) in [5.74, 6) is 0. The van der Waals surface area contributed by atoms with Crippen molar-refractivity contribution < 1.29 is 0 Å². The molecule has 6 aromatic carbocycles. The van der Waals surface area contributed by atoms with Gasteiger partial charge in [-0.1, -0.05) is 111 Å². The molecule has 0 bridgehead atoms. The highest BCUT2D eigenvalue weighted by Crippen LogP contribution is 2.53. The fraction of sp³-hybridized carbons (Fsp3) is 0.0682. The van der Waals surface area contributed by atoms with E-state index in [1.807, 2.05) is 12.4 Å². The number of nitrogens with zero attached hydrogens (tertiary/aromatic N) is 3. The van der Waals surface area contributed by atoms with E-state index in [-0.39, 0.29) is 5.41 Å². The first-order chi connectivity index (χ1) is 23.1. The highest BCUT2D eigenvalue weighted by atomic mass is 15.2. The lowest BCUT2D eigenvalue weighted by Crippen LogP contribution is -2.30. The molecule has 226 valence electrons. The Labute approximate surface area is 277 Å². The topological polar surface area (TPSA) is 19.4 Å². The Bertz CT molecular complexity index is 2050. The second kappa shape index (κ2) is 11.8. The van der Waals surface area contributed by atoms with Gasteiger partial charge in [0, 0.05) is 40.6 Å². The molecule has 0 fully saturated rings. The summed E-state index contributed by atoms with van der Waals surface area (Å²) >= 11 is 0. The van der Waals surface area contributed by atoms with E-state index >= 15 is 0 Å². The number of aromatic nitrogens is 1. The summed E-state index contributed by atoms with van der Waals surface area (Å²) in [6, 6.07) is 58.9. The fourth-order valence-corrected chi connectivity index (χ4v) is 6.93.